The number of carbonyl (C=O) groups excluding carboxylic acids is 1. The maximum absolute atomic E-state index is 13.4. The van der Waals surface area contributed by atoms with E-state index in [0.717, 1.165) is 0 Å². The van der Waals surface area contributed by atoms with Crippen molar-refractivity contribution in [3.63, 3.8) is 0 Å². The number of nitrogens with one attached hydrogen (secondary N) is 1. The molecule has 0 radical (unpaired) electrons. The normalized spacial score (nSPS) is 22.2. The van der Waals surface area contributed by atoms with Gasteiger partial charge in [0.1, 0.15) is 0 Å². The van der Waals surface area contributed by atoms with Gasteiger partial charge in [0.2, 0.25) is 0 Å². The average Bonchev–Trinajstić information content (AvgIpc) is 2.26. The van der Waals surface area contributed by atoms with Crippen LogP contribution in [0.4, 0.5) is 4.39 Å². The molecule has 98 valence electrons. The van der Waals surface area contributed by atoms with Crippen LogP contribution in [0.25, 0.3) is 0 Å². The van der Waals surface area contributed by atoms with Crippen molar-refractivity contribution >= 4 is 21.8 Å². The number of hydrogen-bond donors (Lipinski definition) is 2. The van der Waals surface area contributed by atoms with Crippen LogP contribution in [-0.2, 0) is 4.79 Å². The van der Waals surface area contributed by atoms with Crippen molar-refractivity contribution in [3.8, 4) is 5.75 Å². The number of carbonyl (C=O) groups is 1. The standard InChI is InChI=1S/C12H13BrFNO3/c13-7-1-2-11(10(14)3-7)18-6-12(17)15-8-4-9(16)5-8/h1-3,8-9,16H,4-6H2,(H,15,17). The second-order valence-electron chi connectivity index (χ2n) is 4.25. The summed E-state index contributed by atoms with van der Waals surface area (Å²) in [6.45, 7) is -0.231. The summed E-state index contributed by atoms with van der Waals surface area (Å²) in [4.78, 5) is 11.5. The number of aliphatic hydroxyl groups excluding tert-OH is 1. The molecule has 0 aliphatic heterocycles. The summed E-state index contributed by atoms with van der Waals surface area (Å²) in [5.41, 5.74) is 0. The van der Waals surface area contributed by atoms with Crippen LogP contribution in [0.3, 0.4) is 0 Å². The molecule has 0 unspecified atom stereocenters. The molecule has 2 rings (SSSR count). The fourth-order valence-corrected chi connectivity index (χ4v) is 2.04. The van der Waals surface area contributed by atoms with Gasteiger partial charge in [-0.1, -0.05) is 15.9 Å². The van der Waals surface area contributed by atoms with Crippen molar-refractivity contribution < 1.29 is 19.0 Å². The van der Waals surface area contributed by atoms with E-state index in [1.807, 2.05) is 0 Å². The molecule has 1 aliphatic rings. The summed E-state index contributed by atoms with van der Waals surface area (Å²) in [6, 6.07) is 4.37. The first-order valence-corrected chi connectivity index (χ1v) is 6.39. The second kappa shape index (κ2) is 5.67. The molecule has 1 aromatic carbocycles. The van der Waals surface area contributed by atoms with E-state index in [9.17, 15) is 9.18 Å². The lowest BCUT2D eigenvalue weighted by Gasteiger charge is -2.31. The SMILES string of the molecule is O=C(COc1ccc(Br)cc1F)NC1CC(O)C1. The first kappa shape index (κ1) is 13.3. The first-order valence-electron chi connectivity index (χ1n) is 5.60. The summed E-state index contributed by atoms with van der Waals surface area (Å²) in [7, 11) is 0. The van der Waals surface area contributed by atoms with Gasteiger partial charge in [-0.3, -0.25) is 4.79 Å². The van der Waals surface area contributed by atoms with E-state index in [-0.39, 0.29) is 30.4 Å². The number of aliphatic hydroxyl groups is 1. The third-order valence-electron chi connectivity index (χ3n) is 2.73. The van der Waals surface area contributed by atoms with Gasteiger partial charge in [0.15, 0.2) is 18.2 Å². The molecule has 6 heteroatoms. The number of hydrogen-bond acceptors (Lipinski definition) is 3. The van der Waals surface area contributed by atoms with Gasteiger partial charge in [0.05, 0.1) is 6.10 Å². The Bertz CT molecular complexity index is 449. The highest BCUT2D eigenvalue weighted by molar-refractivity contribution is 9.10. The molecule has 0 bridgehead atoms. The zero-order chi connectivity index (χ0) is 13.1. The quantitative estimate of drug-likeness (QED) is 0.887. The fourth-order valence-electron chi connectivity index (χ4n) is 1.71. The maximum Gasteiger partial charge on any atom is 0.258 e. The van der Waals surface area contributed by atoms with Crippen molar-refractivity contribution in [2.24, 2.45) is 0 Å². The lowest BCUT2D eigenvalue weighted by atomic mass is 9.89. The molecule has 1 amide bonds. The van der Waals surface area contributed by atoms with Gasteiger partial charge in [-0.2, -0.15) is 0 Å². The van der Waals surface area contributed by atoms with Gasteiger partial charge in [0, 0.05) is 10.5 Å². The van der Waals surface area contributed by atoms with Crippen LogP contribution in [0, 0.1) is 5.82 Å². The lowest BCUT2D eigenvalue weighted by Crippen LogP contribution is -2.48. The summed E-state index contributed by atoms with van der Waals surface area (Å²) in [5, 5.41) is 11.8. The number of benzene rings is 1. The van der Waals surface area contributed by atoms with Gasteiger partial charge >= 0.3 is 0 Å². The second-order valence-corrected chi connectivity index (χ2v) is 5.17. The van der Waals surface area contributed by atoms with Crippen LogP contribution < -0.4 is 10.1 Å². The van der Waals surface area contributed by atoms with E-state index in [1.165, 1.54) is 12.1 Å². The minimum absolute atomic E-state index is 0.00543. The van der Waals surface area contributed by atoms with Gasteiger partial charge in [-0.15, -0.1) is 0 Å². The van der Waals surface area contributed by atoms with E-state index in [1.54, 1.807) is 6.07 Å². The highest BCUT2D eigenvalue weighted by atomic mass is 79.9. The van der Waals surface area contributed by atoms with Crippen LogP contribution >= 0.6 is 15.9 Å². The molecule has 18 heavy (non-hydrogen) atoms. The van der Waals surface area contributed by atoms with E-state index in [0.29, 0.717) is 17.3 Å². The molecule has 1 fully saturated rings. The van der Waals surface area contributed by atoms with Crippen LogP contribution in [0.5, 0.6) is 5.75 Å². The van der Waals surface area contributed by atoms with Crippen molar-refractivity contribution in [3.05, 3.63) is 28.5 Å². The Morgan fingerprint density at radius 1 is 1.56 bits per heavy atom. The molecular formula is C12H13BrFNO3. The summed E-state index contributed by atoms with van der Waals surface area (Å²) < 4.78 is 19.1. The molecule has 1 aliphatic carbocycles. The smallest absolute Gasteiger partial charge is 0.258 e. The van der Waals surface area contributed by atoms with Crippen molar-refractivity contribution in [1.29, 1.82) is 0 Å². The Morgan fingerprint density at radius 3 is 2.89 bits per heavy atom. The van der Waals surface area contributed by atoms with Gasteiger partial charge in [-0.05, 0) is 31.0 Å². The van der Waals surface area contributed by atoms with Crippen molar-refractivity contribution in [2.75, 3.05) is 6.61 Å². The summed E-state index contributed by atoms with van der Waals surface area (Å²) >= 11 is 3.13. The third-order valence-corrected chi connectivity index (χ3v) is 3.22. The van der Waals surface area contributed by atoms with E-state index in [4.69, 9.17) is 9.84 Å². The minimum atomic E-state index is -0.517. The molecule has 2 N–H and O–H groups in total. The Labute approximate surface area is 112 Å². The van der Waals surface area contributed by atoms with Crippen LogP contribution in [0.2, 0.25) is 0 Å². The Hall–Kier alpha value is -1.14. The number of amides is 1. The van der Waals surface area contributed by atoms with Crippen molar-refractivity contribution in [1.82, 2.24) is 5.32 Å². The van der Waals surface area contributed by atoms with E-state index >= 15 is 0 Å². The Kier molecular flexibility index (Phi) is 4.19. The Morgan fingerprint density at radius 2 is 2.28 bits per heavy atom. The van der Waals surface area contributed by atoms with Crippen LogP contribution in [0.1, 0.15) is 12.8 Å². The molecule has 0 saturated heterocycles. The van der Waals surface area contributed by atoms with Crippen LogP contribution in [-0.4, -0.2) is 29.8 Å². The molecule has 1 aromatic rings. The van der Waals surface area contributed by atoms with E-state index in [2.05, 4.69) is 21.2 Å². The van der Waals surface area contributed by atoms with Crippen molar-refractivity contribution in [2.45, 2.75) is 25.0 Å². The molecule has 4 nitrogen and oxygen atoms in total. The molecule has 0 atom stereocenters. The van der Waals surface area contributed by atoms with Gasteiger partial charge in [0.25, 0.3) is 5.91 Å². The molecule has 0 aromatic heterocycles. The van der Waals surface area contributed by atoms with Gasteiger partial charge in [-0.25, -0.2) is 4.39 Å². The highest BCUT2D eigenvalue weighted by Gasteiger charge is 2.28. The zero-order valence-electron chi connectivity index (χ0n) is 9.53. The minimum Gasteiger partial charge on any atom is -0.481 e. The Balaban J connectivity index is 1.78. The summed E-state index contributed by atoms with van der Waals surface area (Å²) in [6.07, 6.45) is 0.816. The topological polar surface area (TPSA) is 58.6 Å². The molecule has 0 spiro atoms. The predicted octanol–water partition coefficient (Wildman–Crippen LogP) is 1.61. The van der Waals surface area contributed by atoms with Gasteiger partial charge < -0.3 is 15.2 Å². The zero-order valence-corrected chi connectivity index (χ0v) is 11.1. The highest BCUT2D eigenvalue weighted by Crippen LogP contribution is 2.22. The monoisotopic (exact) mass is 317 g/mol. The third kappa shape index (κ3) is 3.43. The lowest BCUT2D eigenvalue weighted by molar-refractivity contribution is -0.125. The maximum atomic E-state index is 13.4. The summed E-state index contributed by atoms with van der Waals surface area (Å²) in [5.74, 6) is -0.785. The van der Waals surface area contributed by atoms with E-state index < -0.39 is 5.82 Å². The molecule has 1 saturated carbocycles. The molecular weight excluding hydrogens is 305 g/mol. The fraction of sp³-hybridized carbons (Fsp3) is 0.417. The number of halogens is 2. The average molecular weight is 318 g/mol. The largest absolute Gasteiger partial charge is 0.481 e. The first-order chi connectivity index (χ1) is 8.54. The predicted molar refractivity (Wildman–Crippen MR) is 66.8 cm³/mol. The number of ether oxygens (including phenoxy) is 1. The van der Waals surface area contributed by atoms with Crippen LogP contribution in [0.15, 0.2) is 22.7 Å². The molecule has 0 heterocycles. The number of rotatable bonds is 4.